The van der Waals surface area contributed by atoms with Crippen molar-refractivity contribution >= 4 is 40.6 Å². The molecule has 0 radical (unpaired) electrons. The summed E-state index contributed by atoms with van der Waals surface area (Å²) in [6.45, 7) is 0. The Morgan fingerprint density at radius 1 is 0.771 bits per heavy atom. The van der Waals surface area contributed by atoms with Gasteiger partial charge in [0.2, 0.25) is 0 Å². The number of methoxy groups -OCH3 is 2. The number of hydrogen-bond acceptors (Lipinski definition) is 6. The lowest BCUT2D eigenvalue weighted by molar-refractivity contribution is -0.118. The van der Waals surface area contributed by atoms with E-state index in [2.05, 4.69) is 15.6 Å². The molecule has 0 atom stereocenters. The van der Waals surface area contributed by atoms with Crippen molar-refractivity contribution in [1.29, 1.82) is 0 Å². The third-order valence-electron chi connectivity index (χ3n) is 5.06. The first kappa shape index (κ1) is 23.7. The lowest BCUT2D eigenvalue weighted by Crippen LogP contribution is -2.25. The van der Waals surface area contributed by atoms with E-state index < -0.39 is 11.8 Å². The van der Waals surface area contributed by atoms with Crippen molar-refractivity contribution in [2.75, 3.05) is 24.9 Å². The molecule has 0 aliphatic carbocycles. The van der Waals surface area contributed by atoms with Crippen LogP contribution in [0, 0.1) is 0 Å². The molecule has 7 nitrogen and oxygen atoms in total. The van der Waals surface area contributed by atoms with E-state index in [-0.39, 0.29) is 5.57 Å². The summed E-state index contributed by atoms with van der Waals surface area (Å²) in [5, 5.41) is 7.94. The fourth-order valence-electron chi connectivity index (χ4n) is 3.33. The topological polar surface area (TPSA) is 89.5 Å². The standard InChI is InChI=1S/C27H23N3O4S/c1-33-23-14-8-6-12-20(23)29-26(31)19(27(32)30-21-13-7-9-15-24(21)34-2)16-25-28-22(17-35-25)18-10-4-3-5-11-18/h3-17H,1-2H3,(H,29,31)(H,30,32). The van der Waals surface area contributed by atoms with Gasteiger partial charge in [0, 0.05) is 10.9 Å². The monoisotopic (exact) mass is 485 g/mol. The summed E-state index contributed by atoms with van der Waals surface area (Å²) < 4.78 is 10.6. The summed E-state index contributed by atoms with van der Waals surface area (Å²) in [6.07, 6.45) is 1.48. The summed E-state index contributed by atoms with van der Waals surface area (Å²) in [6, 6.07) is 23.6. The lowest BCUT2D eigenvalue weighted by Gasteiger charge is -2.13. The maximum atomic E-state index is 13.3. The number of para-hydroxylation sites is 4. The van der Waals surface area contributed by atoms with E-state index in [1.165, 1.54) is 31.6 Å². The Balaban J connectivity index is 1.68. The molecular weight excluding hydrogens is 462 g/mol. The molecule has 0 aliphatic heterocycles. The molecule has 8 heteroatoms. The van der Waals surface area contributed by atoms with Gasteiger partial charge in [-0.15, -0.1) is 11.3 Å². The molecule has 4 aromatic rings. The summed E-state index contributed by atoms with van der Waals surface area (Å²) >= 11 is 1.34. The Morgan fingerprint density at radius 3 is 1.83 bits per heavy atom. The molecule has 0 unspecified atom stereocenters. The van der Waals surface area contributed by atoms with E-state index in [0.717, 1.165) is 11.3 Å². The van der Waals surface area contributed by atoms with Gasteiger partial charge < -0.3 is 20.1 Å². The normalized spacial score (nSPS) is 10.2. The van der Waals surface area contributed by atoms with Gasteiger partial charge in [-0.25, -0.2) is 4.98 Å². The highest BCUT2D eigenvalue weighted by atomic mass is 32.1. The fourth-order valence-corrected chi connectivity index (χ4v) is 4.09. The van der Waals surface area contributed by atoms with Gasteiger partial charge in [0.05, 0.1) is 31.3 Å². The number of benzene rings is 3. The van der Waals surface area contributed by atoms with Crippen LogP contribution in [-0.2, 0) is 9.59 Å². The van der Waals surface area contributed by atoms with Gasteiger partial charge in [0.15, 0.2) is 0 Å². The van der Waals surface area contributed by atoms with Gasteiger partial charge in [-0.3, -0.25) is 9.59 Å². The molecule has 2 N–H and O–H groups in total. The van der Waals surface area contributed by atoms with Crippen molar-refractivity contribution in [2.24, 2.45) is 0 Å². The summed E-state index contributed by atoms with van der Waals surface area (Å²) in [4.78, 5) is 31.2. The first-order valence-electron chi connectivity index (χ1n) is 10.7. The number of aromatic nitrogens is 1. The molecule has 3 aromatic carbocycles. The molecule has 0 saturated carbocycles. The minimum Gasteiger partial charge on any atom is -0.495 e. The van der Waals surface area contributed by atoms with Crippen molar-refractivity contribution < 1.29 is 19.1 Å². The fraction of sp³-hybridized carbons (Fsp3) is 0.0741. The Kier molecular flexibility index (Phi) is 7.54. The number of rotatable bonds is 8. The van der Waals surface area contributed by atoms with Crippen LogP contribution in [0.5, 0.6) is 11.5 Å². The predicted octanol–water partition coefficient (Wildman–Crippen LogP) is 5.49. The average molecular weight is 486 g/mol. The Hall–Kier alpha value is -4.43. The molecule has 1 heterocycles. The number of nitrogens with zero attached hydrogens (tertiary/aromatic N) is 1. The zero-order chi connectivity index (χ0) is 24.6. The number of carbonyl (C=O) groups excluding carboxylic acids is 2. The third kappa shape index (κ3) is 5.74. The van der Waals surface area contributed by atoms with Crippen LogP contribution in [0.2, 0.25) is 0 Å². The van der Waals surface area contributed by atoms with Gasteiger partial charge in [-0.2, -0.15) is 0 Å². The lowest BCUT2D eigenvalue weighted by atomic mass is 10.1. The first-order chi connectivity index (χ1) is 17.1. The van der Waals surface area contributed by atoms with Crippen LogP contribution in [0.4, 0.5) is 11.4 Å². The second-order valence-corrected chi connectivity index (χ2v) is 8.19. The molecule has 35 heavy (non-hydrogen) atoms. The second-order valence-electron chi connectivity index (χ2n) is 7.30. The number of anilines is 2. The van der Waals surface area contributed by atoms with Crippen molar-refractivity contribution in [3.05, 3.63) is 94.8 Å². The number of ether oxygens (including phenoxy) is 2. The van der Waals surface area contributed by atoms with E-state index in [4.69, 9.17) is 9.47 Å². The number of hydrogen-bond donors (Lipinski definition) is 2. The molecule has 0 aliphatic rings. The van der Waals surface area contributed by atoms with Gasteiger partial charge in [-0.05, 0) is 30.3 Å². The molecule has 4 rings (SSSR count). The van der Waals surface area contributed by atoms with Crippen LogP contribution in [-0.4, -0.2) is 31.0 Å². The minimum atomic E-state index is -0.599. The van der Waals surface area contributed by atoms with Crippen LogP contribution in [0.3, 0.4) is 0 Å². The van der Waals surface area contributed by atoms with Crippen molar-refractivity contribution in [2.45, 2.75) is 0 Å². The van der Waals surface area contributed by atoms with E-state index in [9.17, 15) is 9.59 Å². The third-order valence-corrected chi connectivity index (χ3v) is 5.85. The smallest absolute Gasteiger partial charge is 0.261 e. The zero-order valence-corrected chi connectivity index (χ0v) is 20.0. The minimum absolute atomic E-state index is 0.115. The summed E-state index contributed by atoms with van der Waals surface area (Å²) in [7, 11) is 3.02. The average Bonchev–Trinajstić information content (AvgIpc) is 3.37. The second kappa shape index (κ2) is 11.1. The molecule has 0 fully saturated rings. The van der Waals surface area contributed by atoms with Gasteiger partial charge >= 0.3 is 0 Å². The molecule has 0 spiro atoms. The number of carbonyl (C=O) groups is 2. The van der Waals surface area contributed by atoms with E-state index in [0.29, 0.717) is 27.9 Å². The summed E-state index contributed by atoms with van der Waals surface area (Å²) in [5.41, 5.74) is 2.48. The maximum Gasteiger partial charge on any atom is 0.261 e. The Morgan fingerprint density at radius 2 is 1.29 bits per heavy atom. The Labute approximate surface area is 207 Å². The summed E-state index contributed by atoms with van der Waals surface area (Å²) in [5.74, 6) is -0.242. The van der Waals surface area contributed by atoms with Crippen molar-refractivity contribution in [3.8, 4) is 22.8 Å². The molecular formula is C27H23N3O4S. The predicted molar refractivity (Wildman–Crippen MR) is 139 cm³/mol. The highest BCUT2D eigenvalue weighted by Gasteiger charge is 2.22. The van der Waals surface area contributed by atoms with Crippen LogP contribution in [0.1, 0.15) is 5.01 Å². The Bertz CT molecular complexity index is 1300. The van der Waals surface area contributed by atoms with E-state index >= 15 is 0 Å². The van der Waals surface area contributed by atoms with Crippen LogP contribution in [0.25, 0.3) is 17.3 Å². The molecule has 0 bridgehead atoms. The SMILES string of the molecule is COc1ccccc1NC(=O)C(=Cc1nc(-c2ccccc2)cs1)C(=O)Nc1ccccc1OC. The quantitative estimate of drug-likeness (QED) is 0.196. The largest absolute Gasteiger partial charge is 0.495 e. The zero-order valence-electron chi connectivity index (χ0n) is 19.1. The van der Waals surface area contributed by atoms with Crippen LogP contribution in [0.15, 0.2) is 89.8 Å². The molecule has 2 amide bonds. The highest BCUT2D eigenvalue weighted by Crippen LogP contribution is 2.27. The number of nitrogens with one attached hydrogen (secondary N) is 2. The van der Waals surface area contributed by atoms with Crippen LogP contribution < -0.4 is 20.1 Å². The van der Waals surface area contributed by atoms with E-state index in [1.54, 1.807) is 48.5 Å². The van der Waals surface area contributed by atoms with Gasteiger partial charge in [0.1, 0.15) is 22.1 Å². The van der Waals surface area contributed by atoms with Crippen LogP contribution >= 0.6 is 11.3 Å². The maximum absolute atomic E-state index is 13.3. The van der Waals surface area contributed by atoms with Gasteiger partial charge in [-0.1, -0.05) is 54.6 Å². The molecule has 176 valence electrons. The van der Waals surface area contributed by atoms with Crippen molar-refractivity contribution in [1.82, 2.24) is 4.98 Å². The molecule has 0 saturated heterocycles. The van der Waals surface area contributed by atoms with E-state index in [1.807, 2.05) is 35.7 Å². The highest BCUT2D eigenvalue weighted by molar-refractivity contribution is 7.10. The molecule has 1 aromatic heterocycles. The number of thiazole rings is 1. The van der Waals surface area contributed by atoms with Crippen molar-refractivity contribution in [3.63, 3.8) is 0 Å². The first-order valence-corrected chi connectivity index (χ1v) is 11.6. The number of amides is 2. The van der Waals surface area contributed by atoms with Gasteiger partial charge in [0.25, 0.3) is 11.8 Å².